The lowest BCUT2D eigenvalue weighted by atomic mass is 10.2. The molecule has 2 aromatic heterocycles. The molecule has 0 unspecified atom stereocenters. The van der Waals surface area contributed by atoms with Gasteiger partial charge in [0, 0.05) is 18.1 Å². The van der Waals surface area contributed by atoms with Crippen LogP contribution >= 0.6 is 11.8 Å². The third-order valence-electron chi connectivity index (χ3n) is 3.05. The summed E-state index contributed by atoms with van der Waals surface area (Å²) in [7, 11) is 0. The average molecular weight is 297 g/mol. The van der Waals surface area contributed by atoms with E-state index < -0.39 is 0 Å². The number of nitrogens with zero attached hydrogens (tertiary/aromatic N) is 5. The second kappa shape index (κ2) is 6.99. The number of aryl methyl sites for hydroxylation is 1. The van der Waals surface area contributed by atoms with Gasteiger partial charge in [-0.3, -0.25) is 4.98 Å². The third-order valence-corrected chi connectivity index (χ3v) is 4.00. The lowest BCUT2D eigenvalue weighted by Crippen LogP contribution is -2.04. The van der Waals surface area contributed by atoms with Crippen LogP contribution in [0.1, 0.15) is 11.1 Å². The average Bonchev–Trinajstić information content (AvgIpc) is 2.97. The van der Waals surface area contributed by atoms with Crippen LogP contribution in [0.5, 0.6) is 0 Å². The lowest BCUT2D eigenvalue weighted by molar-refractivity contribution is 0.603. The first-order chi connectivity index (χ1) is 10.4. The molecule has 21 heavy (non-hydrogen) atoms. The van der Waals surface area contributed by atoms with E-state index in [1.165, 1.54) is 11.1 Å². The van der Waals surface area contributed by atoms with Gasteiger partial charge in [0.1, 0.15) is 0 Å². The SMILES string of the molecule is c1ccc(Cn2nnnc2SCCc2ccncc2)cc1. The van der Waals surface area contributed by atoms with Gasteiger partial charge in [-0.25, -0.2) is 4.68 Å². The van der Waals surface area contributed by atoms with Crippen molar-refractivity contribution in [3.05, 3.63) is 66.0 Å². The van der Waals surface area contributed by atoms with Gasteiger partial charge >= 0.3 is 0 Å². The van der Waals surface area contributed by atoms with Crippen LogP contribution in [0.25, 0.3) is 0 Å². The van der Waals surface area contributed by atoms with E-state index >= 15 is 0 Å². The number of benzene rings is 1. The van der Waals surface area contributed by atoms with E-state index in [0.29, 0.717) is 6.54 Å². The first kappa shape index (κ1) is 13.8. The number of hydrogen-bond donors (Lipinski definition) is 0. The van der Waals surface area contributed by atoms with E-state index in [1.54, 1.807) is 11.8 Å². The van der Waals surface area contributed by atoms with Gasteiger partial charge in [0.15, 0.2) is 0 Å². The monoisotopic (exact) mass is 297 g/mol. The minimum absolute atomic E-state index is 0.700. The molecule has 2 heterocycles. The number of pyridine rings is 1. The Hall–Kier alpha value is -2.21. The predicted molar refractivity (Wildman–Crippen MR) is 82.0 cm³/mol. The molecule has 3 rings (SSSR count). The number of aromatic nitrogens is 5. The summed E-state index contributed by atoms with van der Waals surface area (Å²) in [4.78, 5) is 4.02. The second-order valence-electron chi connectivity index (χ2n) is 4.56. The summed E-state index contributed by atoms with van der Waals surface area (Å²) < 4.78 is 1.84. The molecule has 0 aliphatic carbocycles. The molecule has 0 spiro atoms. The zero-order valence-corrected chi connectivity index (χ0v) is 12.3. The van der Waals surface area contributed by atoms with Crippen LogP contribution in [0.4, 0.5) is 0 Å². The Morgan fingerprint density at radius 3 is 2.57 bits per heavy atom. The minimum atomic E-state index is 0.700. The molecular weight excluding hydrogens is 282 g/mol. The van der Waals surface area contributed by atoms with E-state index in [1.807, 2.05) is 47.4 Å². The number of rotatable bonds is 6. The molecule has 0 N–H and O–H groups in total. The van der Waals surface area contributed by atoms with Gasteiger partial charge in [-0.05, 0) is 40.1 Å². The van der Waals surface area contributed by atoms with Crippen molar-refractivity contribution in [3.8, 4) is 0 Å². The van der Waals surface area contributed by atoms with Crippen LogP contribution in [0.15, 0.2) is 60.0 Å². The largest absolute Gasteiger partial charge is 0.265 e. The van der Waals surface area contributed by atoms with E-state index in [-0.39, 0.29) is 0 Å². The van der Waals surface area contributed by atoms with Crippen molar-refractivity contribution >= 4 is 11.8 Å². The van der Waals surface area contributed by atoms with Crippen molar-refractivity contribution in [1.29, 1.82) is 0 Å². The van der Waals surface area contributed by atoms with Crippen molar-refractivity contribution in [2.75, 3.05) is 5.75 Å². The maximum Gasteiger partial charge on any atom is 0.209 e. The Bertz CT molecular complexity index is 669. The molecule has 0 aliphatic rings. The summed E-state index contributed by atoms with van der Waals surface area (Å²) in [6.45, 7) is 0.700. The van der Waals surface area contributed by atoms with E-state index in [2.05, 4.69) is 32.6 Å². The van der Waals surface area contributed by atoms with Gasteiger partial charge in [0.25, 0.3) is 0 Å². The lowest BCUT2D eigenvalue weighted by Gasteiger charge is -2.04. The standard InChI is InChI=1S/C15H15N5S/c1-2-4-14(5-3-1)12-20-15(17-18-19-20)21-11-8-13-6-9-16-10-7-13/h1-7,9-10H,8,11-12H2. The highest BCUT2D eigenvalue weighted by Crippen LogP contribution is 2.16. The Labute approximate surface area is 127 Å². The molecule has 0 saturated carbocycles. The summed E-state index contributed by atoms with van der Waals surface area (Å²) >= 11 is 1.67. The van der Waals surface area contributed by atoms with Gasteiger partial charge in [-0.1, -0.05) is 42.1 Å². The number of thioether (sulfide) groups is 1. The Kier molecular flexibility index (Phi) is 4.58. The highest BCUT2D eigenvalue weighted by Gasteiger charge is 2.07. The first-order valence-electron chi connectivity index (χ1n) is 6.73. The maximum atomic E-state index is 4.10. The fourth-order valence-electron chi connectivity index (χ4n) is 1.97. The molecule has 0 bridgehead atoms. The van der Waals surface area contributed by atoms with Gasteiger partial charge in [0.05, 0.1) is 6.54 Å². The van der Waals surface area contributed by atoms with E-state index in [9.17, 15) is 0 Å². The summed E-state index contributed by atoms with van der Waals surface area (Å²) in [5, 5.41) is 12.8. The molecule has 106 valence electrons. The van der Waals surface area contributed by atoms with Crippen LogP contribution < -0.4 is 0 Å². The fourth-order valence-corrected chi connectivity index (χ4v) is 2.83. The maximum absolute atomic E-state index is 4.10. The van der Waals surface area contributed by atoms with E-state index in [4.69, 9.17) is 0 Å². The minimum Gasteiger partial charge on any atom is -0.265 e. The molecule has 0 radical (unpaired) electrons. The molecule has 1 aromatic carbocycles. The molecule has 5 nitrogen and oxygen atoms in total. The predicted octanol–water partition coefficient (Wildman–Crippen LogP) is 2.45. The van der Waals surface area contributed by atoms with Crippen LogP contribution in [-0.2, 0) is 13.0 Å². The normalized spacial score (nSPS) is 10.7. The summed E-state index contributed by atoms with van der Waals surface area (Å²) in [6, 6.07) is 14.3. The van der Waals surface area contributed by atoms with Crippen molar-refractivity contribution in [1.82, 2.24) is 25.2 Å². The molecule has 0 atom stereocenters. The van der Waals surface area contributed by atoms with Crippen LogP contribution in [0.2, 0.25) is 0 Å². The topological polar surface area (TPSA) is 56.5 Å². The van der Waals surface area contributed by atoms with Crippen molar-refractivity contribution in [2.45, 2.75) is 18.1 Å². The Balaban J connectivity index is 1.58. The quantitative estimate of drug-likeness (QED) is 0.654. The zero-order chi connectivity index (χ0) is 14.3. The van der Waals surface area contributed by atoms with Gasteiger partial charge in [-0.2, -0.15) is 0 Å². The second-order valence-corrected chi connectivity index (χ2v) is 5.62. The highest BCUT2D eigenvalue weighted by atomic mass is 32.2. The van der Waals surface area contributed by atoms with Gasteiger partial charge in [0.2, 0.25) is 5.16 Å². The van der Waals surface area contributed by atoms with Gasteiger partial charge < -0.3 is 0 Å². The number of tetrazole rings is 1. The molecule has 0 aliphatic heterocycles. The van der Waals surface area contributed by atoms with Crippen LogP contribution in [0, 0.1) is 0 Å². The molecule has 0 fully saturated rings. The van der Waals surface area contributed by atoms with Crippen molar-refractivity contribution in [2.24, 2.45) is 0 Å². The van der Waals surface area contributed by atoms with Gasteiger partial charge in [-0.15, -0.1) is 5.10 Å². The van der Waals surface area contributed by atoms with Crippen molar-refractivity contribution in [3.63, 3.8) is 0 Å². The third kappa shape index (κ3) is 3.88. The first-order valence-corrected chi connectivity index (χ1v) is 7.72. The summed E-state index contributed by atoms with van der Waals surface area (Å²) in [5.74, 6) is 0.944. The zero-order valence-electron chi connectivity index (χ0n) is 11.5. The Morgan fingerprint density at radius 2 is 1.76 bits per heavy atom. The molecule has 3 aromatic rings. The molecule has 6 heteroatoms. The van der Waals surface area contributed by atoms with Crippen LogP contribution in [-0.4, -0.2) is 30.9 Å². The smallest absolute Gasteiger partial charge is 0.209 e. The van der Waals surface area contributed by atoms with Crippen LogP contribution in [0.3, 0.4) is 0 Å². The molecule has 0 saturated heterocycles. The molecular formula is C15H15N5S. The summed E-state index contributed by atoms with van der Waals surface area (Å²) in [5.41, 5.74) is 2.47. The van der Waals surface area contributed by atoms with E-state index in [0.717, 1.165) is 17.3 Å². The summed E-state index contributed by atoms with van der Waals surface area (Å²) in [6.07, 6.45) is 4.62. The fraction of sp³-hybridized carbons (Fsp3) is 0.200. The Morgan fingerprint density at radius 1 is 0.952 bits per heavy atom. The van der Waals surface area contributed by atoms with Crippen molar-refractivity contribution < 1.29 is 0 Å². The highest BCUT2D eigenvalue weighted by molar-refractivity contribution is 7.99. The number of hydrogen-bond acceptors (Lipinski definition) is 5. The molecule has 0 amide bonds.